The summed E-state index contributed by atoms with van der Waals surface area (Å²) in [6, 6.07) is -0.405. The van der Waals surface area contributed by atoms with Crippen molar-refractivity contribution in [2.45, 2.75) is 37.9 Å². The summed E-state index contributed by atoms with van der Waals surface area (Å²) in [4.78, 5) is 2.08. The van der Waals surface area contributed by atoms with Gasteiger partial charge in [-0.05, 0) is 39.5 Å². The van der Waals surface area contributed by atoms with Gasteiger partial charge in [0.25, 0.3) is 0 Å². The Labute approximate surface area is 150 Å². The van der Waals surface area contributed by atoms with Crippen molar-refractivity contribution in [3.8, 4) is 0 Å². The smallest absolute Gasteiger partial charge is 0.343 e. The van der Waals surface area contributed by atoms with E-state index in [9.17, 15) is 13.2 Å². The molecule has 1 rings (SSSR count). The van der Waals surface area contributed by atoms with Crippen LogP contribution in [0, 0.1) is 12.8 Å². The molecule has 2 unspecified atom stereocenters. The van der Waals surface area contributed by atoms with Gasteiger partial charge in [0.15, 0.2) is 0 Å². The number of nitrogens with zero attached hydrogens (tertiary/aromatic N) is 1. The second-order valence-corrected chi connectivity index (χ2v) is 4.80. The van der Waals surface area contributed by atoms with Crippen LogP contribution in [-0.2, 0) is 0 Å². The van der Waals surface area contributed by atoms with Gasteiger partial charge in [-0.3, -0.25) is 0 Å². The van der Waals surface area contributed by atoms with Crippen molar-refractivity contribution >= 4 is 0 Å². The van der Waals surface area contributed by atoms with Crippen molar-refractivity contribution in [3.05, 3.63) is 6.92 Å². The van der Waals surface area contributed by atoms with Gasteiger partial charge in [-0.25, -0.2) is 0 Å². The van der Waals surface area contributed by atoms with Gasteiger partial charge >= 0.3 is 57.6 Å². The second-order valence-electron chi connectivity index (χ2n) is 4.80. The summed E-state index contributed by atoms with van der Waals surface area (Å²) in [6.07, 6.45) is -1.40. The molecule has 0 aliphatic carbocycles. The van der Waals surface area contributed by atoms with Crippen molar-refractivity contribution in [3.63, 3.8) is 0 Å². The molecular weight excluding hydrogens is 268 g/mol. The van der Waals surface area contributed by atoms with Crippen LogP contribution in [0.3, 0.4) is 0 Å². The molecule has 0 aromatic heterocycles. The van der Waals surface area contributed by atoms with Crippen molar-refractivity contribution < 1.29 is 64.6 Å². The molecule has 0 radical (unpaired) electrons. The number of rotatable bonds is 6. The molecule has 1 saturated heterocycles. The molecule has 6 heteroatoms. The number of nitrogens with one attached hydrogen (secondary N) is 1. The van der Waals surface area contributed by atoms with Gasteiger partial charge in [-0.1, -0.05) is 6.42 Å². The Morgan fingerprint density at radius 3 is 2.56 bits per heavy atom. The first kappa shape index (κ1) is 19.3. The standard InChI is InChI=1S/C12H22F3N2.K/c1-3-4-8-17(2)9-6-11-10(5-7-16-11)12(13,14)15;/h10-11,16H,1,3-9H2,2H3;/q-1;+1. The number of hydrogen-bond donors (Lipinski definition) is 1. The average molecular weight is 290 g/mol. The van der Waals surface area contributed by atoms with E-state index in [1.165, 1.54) is 0 Å². The number of halogens is 3. The largest absolute Gasteiger partial charge is 1.00 e. The molecule has 0 saturated carbocycles. The maximum Gasteiger partial charge on any atom is 1.00 e. The summed E-state index contributed by atoms with van der Waals surface area (Å²) in [5, 5.41) is 2.97. The van der Waals surface area contributed by atoms with Crippen molar-refractivity contribution in [1.82, 2.24) is 10.2 Å². The maximum absolute atomic E-state index is 12.7. The molecule has 0 aromatic rings. The van der Waals surface area contributed by atoms with Gasteiger partial charge in [-0.15, -0.1) is 0 Å². The molecule has 0 aromatic carbocycles. The Morgan fingerprint density at radius 1 is 1.33 bits per heavy atom. The van der Waals surface area contributed by atoms with Crippen molar-refractivity contribution in [2.24, 2.45) is 5.92 Å². The predicted octanol–water partition coefficient (Wildman–Crippen LogP) is -0.533. The van der Waals surface area contributed by atoms with Crippen molar-refractivity contribution in [2.75, 3.05) is 26.7 Å². The minimum atomic E-state index is -4.06. The summed E-state index contributed by atoms with van der Waals surface area (Å²) in [5.41, 5.74) is 0. The van der Waals surface area contributed by atoms with Crippen molar-refractivity contribution in [1.29, 1.82) is 0 Å². The number of unbranched alkanes of at least 4 members (excludes halogenated alkanes) is 1. The van der Waals surface area contributed by atoms with E-state index in [1.54, 1.807) is 0 Å². The molecule has 2 atom stereocenters. The first-order valence-corrected chi connectivity index (χ1v) is 6.23. The first-order valence-electron chi connectivity index (χ1n) is 6.23. The molecule has 0 bridgehead atoms. The van der Waals surface area contributed by atoms with Crippen LogP contribution in [0.2, 0.25) is 0 Å². The van der Waals surface area contributed by atoms with Gasteiger partial charge in [0, 0.05) is 6.04 Å². The van der Waals surface area contributed by atoms with E-state index in [0.29, 0.717) is 19.5 Å². The van der Waals surface area contributed by atoms with Crippen LogP contribution in [-0.4, -0.2) is 43.8 Å². The first-order chi connectivity index (χ1) is 7.95. The normalized spacial score (nSPS) is 24.3. The van der Waals surface area contributed by atoms with Crippen LogP contribution in [0.15, 0.2) is 0 Å². The third kappa shape index (κ3) is 6.68. The number of hydrogen-bond acceptors (Lipinski definition) is 2. The molecule has 1 aliphatic rings. The Bertz CT molecular complexity index is 224. The molecule has 1 heterocycles. The Kier molecular flexibility index (Phi) is 10.0. The molecule has 1 N–H and O–H groups in total. The second kappa shape index (κ2) is 9.31. The zero-order chi connectivity index (χ0) is 12.9. The van der Waals surface area contributed by atoms with Gasteiger partial charge in [0.1, 0.15) is 0 Å². The molecular formula is C12H22F3KN2. The fourth-order valence-corrected chi connectivity index (χ4v) is 2.32. The van der Waals surface area contributed by atoms with Crippen LogP contribution in [0.1, 0.15) is 25.7 Å². The van der Waals surface area contributed by atoms with E-state index < -0.39 is 18.1 Å². The van der Waals surface area contributed by atoms with Crippen LogP contribution in [0.5, 0.6) is 0 Å². The fraction of sp³-hybridized carbons (Fsp3) is 0.917. The molecule has 0 spiro atoms. The molecule has 2 nitrogen and oxygen atoms in total. The van der Waals surface area contributed by atoms with Crippen LogP contribution >= 0.6 is 0 Å². The van der Waals surface area contributed by atoms with E-state index in [1.807, 2.05) is 7.05 Å². The quantitative estimate of drug-likeness (QED) is 0.522. The third-order valence-corrected chi connectivity index (χ3v) is 3.38. The predicted molar refractivity (Wildman–Crippen MR) is 62.7 cm³/mol. The van der Waals surface area contributed by atoms with Gasteiger partial charge in [0.2, 0.25) is 0 Å². The van der Waals surface area contributed by atoms with Crippen LogP contribution in [0.25, 0.3) is 0 Å². The van der Waals surface area contributed by atoms with Gasteiger partial charge < -0.3 is 17.1 Å². The zero-order valence-corrected chi connectivity index (χ0v) is 14.5. The Hall–Kier alpha value is 1.35. The van der Waals surface area contributed by atoms with E-state index in [2.05, 4.69) is 17.1 Å². The molecule has 102 valence electrons. The minimum Gasteiger partial charge on any atom is -0.343 e. The molecule has 0 amide bonds. The van der Waals surface area contributed by atoms with E-state index in [4.69, 9.17) is 0 Å². The van der Waals surface area contributed by atoms with E-state index >= 15 is 0 Å². The Morgan fingerprint density at radius 2 is 2.00 bits per heavy atom. The summed E-state index contributed by atoms with van der Waals surface area (Å²) in [6.45, 7) is 5.86. The topological polar surface area (TPSA) is 15.3 Å². The summed E-state index contributed by atoms with van der Waals surface area (Å²) in [5.74, 6) is -1.16. The average Bonchev–Trinajstić information content (AvgIpc) is 2.71. The number of alkyl halides is 3. The molecule has 18 heavy (non-hydrogen) atoms. The summed E-state index contributed by atoms with van der Waals surface area (Å²) < 4.78 is 38.0. The van der Waals surface area contributed by atoms with Crippen LogP contribution in [0.4, 0.5) is 13.2 Å². The van der Waals surface area contributed by atoms with Gasteiger partial charge in [0.05, 0.1) is 5.92 Å². The van der Waals surface area contributed by atoms with Crippen LogP contribution < -0.4 is 56.7 Å². The molecule has 1 fully saturated rings. The zero-order valence-electron chi connectivity index (χ0n) is 11.4. The van der Waals surface area contributed by atoms with E-state index in [-0.39, 0.29) is 57.8 Å². The summed E-state index contributed by atoms with van der Waals surface area (Å²) in [7, 11) is 1.95. The minimum absolute atomic E-state index is 0. The maximum atomic E-state index is 12.7. The van der Waals surface area contributed by atoms with Gasteiger partial charge in [-0.2, -0.15) is 19.6 Å². The SMILES string of the molecule is [CH2-]CCCN(C)CCC1NCCC1C(F)(F)F.[K+]. The van der Waals surface area contributed by atoms with E-state index in [0.717, 1.165) is 19.4 Å². The summed E-state index contributed by atoms with van der Waals surface area (Å²) >= 11 is 0. The fourth-order valence-electron chi connectivity index (χ4n) is 2.32. The third-order valence-electron chi connectivity index (χ3n) is 3.38. The Balaban J connectivity index is 0.00000289. The monoisotopic (exact) mass is 290 g/mol. The molecule has 1 aliphatic heterocycles.